The molecule has 29 heavy (non-hydrogen) atoms. The van der Waals surface area contributed by atoms with Crippen LogP contribution in [0.2, 0.25) is 0 Å². The van der Waals surface area contributed by atoms with E-state index < -0.39 is 24.2 Å². The van der Waals surface area contributed by atoms with Crippen molar-refractivity contribution >= 4 is 11.8 Å². The average molecular weight is 398 g/mol. The normalized spacial score (nSPS) is 22.4. The van der Waals surface area contributed by atoms with Crippen molar-refractivity contribution in [1.82, 2.24) is 10.2 Å². The summed E-state index contributed by atoms with van der Waals surface area (Å²) >= 11 is 0. The van der Waals surface area contributed by atoms with Gasteiger partial charge < -0.3 is 10.2 Å². The molecule has 1 aliphatic heterocycles. The van der Waals surface area contributed by atoms with Gasteiger partial charge in [0.2, 0.25) is 11.8 Å². The summed E-state index contributed by atoms with van der Waals surface area (Å²) in [5, 5.41) is 2.92. The second-order valence-electron chi connectivity index (χ2n) is 7.93. The van der Waals surface area contributed by atoms with Crippen LogP contribution in [0.1, 0.15) is 54.8 Å². The average Bonchev–Trinajstić information content (AvgIpc) is 3.47. The Balaban J connectivity index is 1.62. The number of benzene rings is 2. The van der Waals surface area contributed by atoms with Crippen LogP contribution >= 0.6 is 0 Å². The Kier molecular flexibility index (Phi) is 5.35. The van der Waals surface area contributed by atoms with Crippen molar-refractivity contribution in [2.75, 3.05) is 6.54 Å². The molecule has 1 N–H and O–H groups in total. The first-order valence-corrected chi connectivity index (χ1v) is 10.00. The highest BCUT2D eigenvalue weighted by Crippen LogP contribution is 2.41. The predicted octanol–water partition coefficient (Wildman–Crippen LogP) is 3.87. The van der Waals surface area contributed by atoms with Gasteiger partial charge in [0, 0.05) is 13.3 Å². The lowest BCUT2D eigenvalue weighted by atomic mass is 9.96. The third kappa shape index (κ3) is 4.16. The number of nitrogens with zero attached hydrogens (tertiary/aromatic N) is 1. The van der Waals surface area contributed by atoms with Crippen LogP contribution in [0, 0.1) is 5.82 Å². The van der Waals surface area contributed by atoms with E-state index >= 15 is 0 Å². The van der Waals surface area contributed by atoms with Crippen molar-refractivity contribution in [2.24, 2.45) is 0 Å². The van der Waals surface area contributed by atoms with Gasteiger partial charge in [0.05, 0.1) is 12.6 Å². The van der Waals surface area contributed by atoms with Crippen LogP contribution < -0.4 is 5.32 Å². The van der Waals surface area contributed by atoms with Crippen molar-refractivity contribution < 1.29 is 18.4 Å². The van der Waals surface area contributed by atoms with Crippen molar-refractivity contribution in [2.45, 2.75) is 50.4 Å². The summed E-state index contributed by atoms with van der Waals surface area (Å²) in [6.45, 7) is 1.26. The molecule has 2 aliphatic rings. The largest absolute Gasteiger partial charge is 0.343 e. The molecule has 1 heterocycles. The molecular formula is C23H24F2N2O2. The second kappa shape index (κ2) is 7.93. The molecule has 2 fully saturated rings. The third-order valence-electron chi connectivity index (χ3n) is 5.75. The predicted molar refractivity (Wildman–Crippen MR) is 105 cm³/mol. The lowest BCUT2D eigenvalue weighted by molar-refractivity contribution is -0.137. The monoisotopic (exact) mass is 398 g/mol. The summed E-state index contributed by atoms with van der Waals surface area (Å²) in [5.41, 5.74) is 2.13. The molecule has 0 aromatic heterocycles. The number of alkyl halides is 1. The van der Waals surface area contributed by atoms with Gasteiger partial charge in [-0.3, -0.25) is 9.59 Å². The third-order valence-corrected chi connectivity index (χ3v) is 5.75. The van der Waals surface area contributed by atoms with E-state index in [1.165, 1.54) is 17.9 Å². The van der Waals surface area contributed by atoms with Gasteiger partial charge in [0.25, 0.3) is 0 Å². The van der Waals surface area contributed by atoms with Gasteiger partial charge in [-0.25, -0.2) is 8.78 Å². The topological polar surface area (TPSA) is 49.4 Å². The maximum absolute atomic E-state index is 14.7. The van der Waals surface area contributed by atoms with Crippen LogP contribution in [0.4, 0.5) is 8.78 Å². The zero-order chi connectivity index (χ0) is 20.5. The summed E-state index contributed by atoms with van der Waals surface area (Å²) in [6, 6.07) is 12.9. The zero-order valence-electron chi connectivity index (χ0n) is 16.3. The molecule has 3 atom stereocenters. The first-order chi connectivity index (χ1) is 13.9. The lowest BCUT2D eigenvalue weighted by Crippen LogP contribution is -2.46. The van der Waals surface area contributed by atoms with Crippen LogP contribution in [-0.4, -0.2) is 35.5 Å². The molecule has 1 saturated carbocycles. The highest BCUT2D eigenvalue weighted by Gasteiger charge is 2.39. The number of amides is 2. The Morgan fingerprint density at radius 3 is 2.45 bits per heavy atom. The van der Waals surface area contributed by atoms with E-state index in [2.05, 4.69) is 5.32 Å². The summed E-state index contributed by atoms with van der Waals surface area (Å²) in [4.78, 5) is 26.0. The number of nitrogens with one attached hydrogen (secondary N) is 1. The van der Waals surface area contributed by atoms with Crippen molar-refractivity contribution in [3.8, 4) is 0 Å². The minimum atomic E-state index is -1.22. The van der Waals surface area contributed by atoms with Gasteiger partial charge in [0.15, 0.2) is 0 Å². The molecule has 4 nitrogen and oxygen atoms in total. The molecule has 0 spiro atoms. The van der Waals surface area contributed by atoms with E-state index in [0.29, 0.717) is 11.1 Å². The lowest BCUT2D eigenvalue weighted by Gasteiger charge is -2.26. The van der Waals surface area contributed by atoms with E-state index in [0.717, 1.165) is 18.4 Å². The number of carbonyl (C=O) groups excluding carboxylic acids is 2. The molecule has 2 amide bonds. The standard InChI is InChI=1S/C23H24F2N2O2/c1-14(28)27-13-18(24)12-21(27)23(29)26-22(16-5-3-2-4-6-16)17-9-10-19(15-7-8-15)20(25)11-17/h2-6,9-11,15,18,21-22H,7-8,12-13H2,1H3,(H,26,29)/t18-,21+,22+/m1/s1. The molecule has 2 aromatic carbocycles. The molecule has 0 bridgehead atoms. The molecule has 4 rings (SSSR count). The van der Waals surface area contributed by atoms with Gasteiger partial charge in [-0.15, -0.1) is 0 Å². The maximum atomic E-state index is 14.7. The van der Waals surface area contributed by atoms with Crippen LogP contribution in [0.15, 0.2) is 48.5 Å². The molecule has 2 aromatic rings. The Morgan fingerprint density at radius 1 is 1.10 bits per heavy atom. The first-order valence-electron chi connectivity index (χ1n) is 10.00. The number of likely N-dealkylation sites (tertiary alicyclic amines) is 1. The van der Waals surface area contributed by atoms with Gasteiger partial charge in [-0.05, 0) is 41.5 Å². The molecule has 0 radical (unpaired) electrons. The van der Waals surface area contributed by atoms with E-state index in [1.807, 2.05) is 36.4 Å². The fourth-order valence-corrected chi connectivity index (χ4v) is 4.07. The SMILES string of the molecule is CC(=O)N1C[C@H](F)C[C@H]1C(=O)N[C@@H](c1ccccc1)c1ccc(C2CC2)c(F)c1. The fourth-order valence-electron chi connectivity index (χ4n) is 4.07. The summed E-state index contributed by atoms with van der Waals surface area (Å²) in [7, 11) is 0. The number of hydrogen-bond acceptors (Lipinski definition) is 2. The first kappa shape index (κ1) is 19.6. The van der Waals surface area contributed by atoms with Gasteiger partial charge >= 0.3 is 0 Å². The van der Waals surface area contributed by atoms with Crippen LogP contribution in [0.25, 0.3) is 0 Å². The number of hydrogen-bond donors (Lipinski definition) is 1. The fraction of sp³-hybridized carbons (Fsp3) is 0.391. The van der Waals surface area contributed by atoms with E-state index in [1.54, 1.807) is 6.07 Å². The Morgan fingerprint density at radius 2 is 1.83 bits per heavy atom. The molecule has 0 unspecified atom stereocenters. The summed E-state index contributed by atoms with van der Waals surface area (Å²) in [6.07, 6.45) is 0.756. The van der Waals surface area contributed by atoms with E-state index in [-0.39, 0.29) is 30.6 Å². The number of rotatable bonds is 5. The van der Waals surface area contributed by atoms with Crippen LogP contribution in [0.5, 0.6) is 0 Å². The minimum Gasteiger partial charge on any atom is -0.343 e. The van der Waals surface area contributed by atoms with E-state index in [9.17, 15) is 18.4 Å². The Hall–Kier alpha value is -2.76. The Bertz CT molecular complexity index is 914. The molecule has 152 valence electrons. The maximum Gasteiger partial charge on any atom is 0.243 e. The van der Waals surface area contributed by atoms with E-state index in [4.69, 9.17) is 0 Å². The zero-order valence-corrected chi connectivity index (χ0v) is 16.3. The molecular weight excluding hydrogens is 374 g/mol. The van der Waals surface area contributed by atoms with Crippen molar-refractivity contribution in [3.63, 3.8) is 0 Å². The van der Waals surface area contributed by atoms with Crippen LogP contribution in [0.3, 0.4) is 0 Å². The number of carbonyl (C=O) groups is 2. The number of halogens is 2. The molecule has 6 heteroatoms. The van der Waals surface area contributed by atoms with Crippen molar-refractivity contribution in [3.05, 3.63) is 71.0 Å². The molecule has 1 saturated heterocycles. The quantitative estimate of drug-likeness (QED) is 0.831. The minimum absolute atomic E-state index is 0.0259. The van der Waals surface area contributed by atoms with Gasteiger partial charge in [0.1, 0.15) is 18.0 Å². The van der Waals surface area contributed by atoms with Gasteiger partial charge in [-0.2, -0.15) is 0 Å². The summed E-state index contributed by atoms with van der Waals surface area (Å²) < 4.78 is 28.5. The Labute approximate surface area is 168 Å². The summed E-state index contributed by atoms with van der Waals surface area (Å²) in [5.74, 6) is -0.740. The van der Waals surface area contributed by atoms with Gasteiger partial charge in [-0.1, -0.05) is 42.5 Å². The highest BCUT2D eigenvalue weighted by molar-refractivity contribution is 5.88. The highest BCUT2D eigenvalue weighted by atomic mass is 19.1. The van der Waals surface area contributed by atoms with Crippen LogP contribution in [-0.2, 0) is 9.59 Å². The van der Waals surface area contributed by atoms with Crippen molar-refractivity contribution in [1.29, 1.82) is 0 Å². The molecule has 1 aliphatic carbocycles. The second-order valence-corrected chi connectivity index (χ2v) is 7.93. The smallest absolute Gasteiger partial charge is 0.243 e.